The molecule has 0 amide bonds. The van der Waals surface area contributed by atoms with Crippen molar-refractivity contribution in [1.29, 1.82) is 5.26 Å². The third kappa shape index (κ3) is 5.64. The smallest absolute Gasteiger partial charge is 0.238 e. The van der Waals surface area contributed by atoms with E-state index in [0.717, 1.165) is 55.9 Å². The fraction of sp³-hybridized carbons (Fsp3) is 0.188. The molecule has 260 valence electrons. The molecule has 2 aliphatic carbocycles. The third-order valence-electron chi connectivity index (χ3n) is 12.0. The van der Waals surface area contributed by atoms with E-state index >= 15 is 0 Å². The first-order valence-corrected chi connectivity index (χ1v) is 18.9. The first kappa shape index (κ1) is 32.2. The van der Waals surface area contributed by atoms with Crippen LogP contribution in [0.4, 0.5) is 0 Å². The minimum Gasteiger partial charge on any atom is -0.278 e. The molecule has 3 aromatic heterocycles. The molecule has 10 rings (SSSR count). The van der Waals surface area contributed by atoms with Crippen LogP contribution in [-0.4, -0.2) is 24.5 Å². The van der Waals surface area contributed by atoms with Gasteiger partial charge in [0.1, 0.15) is 0 Å². The van der Waals surface area contributed by atoms with Crippen LogP contribution < -0.4 is 0 Å². The van der Waals surface area contributed by atoms with Gasteiger partial charge in [-0.15, -0.1) is 0 Å². The number of pyridine rings is 1. The number of nitrogens with zero attached hydrogens (tertiary/aromatic N) is 6. The minimum atomic E-state index is 0.287. The summed E-state index contributed by atoms with van der Waals surface area (Å²) < 4.78 is 2.11. The zero-order valence-electron chi connectivity index (χ0n) is 30.2. The van der Waals surface area contributed by atoms with Gasteiger partial charge < -0.3 is 0 Å². The average molecular weight is 699 g/mol. The normalized spacial score (nSPS) is 19.3. The SMILES string of the molecule is CC1(c2ccc(-c3ccc(-c4nc(-c5cccc(-c6ccc(C#N)cc6)c5)nc(-n5c6ccccc6c6cnccc65)n4)cc3)cc2)C[C@@H]2CC[C@@H](C2)C1. The second kappa shape index (κ2) is 12.9. The molecule has 0 radical (unpaired) electrons. The Labute approximate surface area is 314 Å². The Hall–Kier alpha value is -6.45. The Bertz CT molecular complexity index is 2660. The van der Waals surface area contributed by atoms with Gasteiger partial charge in [-0.25, -0.2) is 4.98 Å². The molecule has 3 heterocycles. The molecule has 0 aliphatic heterocycles. The van der Waals surface area contributed by atoms with Crippen molar-refractivity contribution >= 4 is 21.8 Å². The lowest BCUT2D eigenvalue weighted by molar-refractivity contribution is 0.232. The molecule has 3 atom stereocenters. The number of rotatable bonds is 6. The summed E-state index contributed by atoms with van der Waals surface area (Å²) in [6, 6.07) is 46.3. The van der Waals surface area contributed by atoms with Crippen molar-refractivity contribution in [3.05, 3.63) is 151 Å². The van der Waals surface area contributed by atoms with Gasteiger partial charge in [0.2, 0.25) is 5.95 Å². The maximum absolute atomic E-state index is 9.32. The standard InChI is InChI=1S/C48H38N6/c1-48(27-32-9-10-33(25-32)28-48)40-21-19-35(20-22-40)34-15-17-37(18-16-34)45-51-46(39-6-4-5-38(26-39)36-13-11-31(29-49)12-14-36)53-47(52-45)54-43-8-3-2-7-41(43)42-30-50-24-23-44(42)54/h2-8,11-24,26,30,32-33H,9-10,25,27-28H2,1H3/t32-,33+,48?. The number of fused-ring (bicyclic) bond motifs is 5. The zero-order valence-corrected chi connectivity index (χ0v) is 30.2. The Kier molecular flexibility index (Phi) is 7.69. The van der Waals surface area contributed by atoms with Crippen LogP contribution in [-0.2, 0) is 5.41 Å². The van der Waals surface area contributed by atoms with Gasteiger partial charge in [-0.05, 0) is 94.7 Å². The third-order valence-corrected chi connectivity index (χ3v) is 12.0. The van der Waals surface area contributed by atoms with E-state index in [9.17, 15) is 5.26 Å². The second-order valence-corrected chi connectivity index (χ2v) is 15.5. The van der Waals surface area contributed by atoms with Crippen LogP contribution in [0.2, 0.25) is 0 Å². The molecule has 2 bridgehead atoms. The van der Waals surface area contributed by atoms with Crippen molar-refractivity contribution in [2.75, 3.05) is 0 Å². The Morgan fingerprint density at radius 2 is 1.22 bits per heavy atom. The van der Waals surface area contributed by atoms with Crippen molar-refractivity contribution in [3.63, 3.8) is 0 Å². The second-order valence-electron chi connectivity index (χ2n) is 15.5. The van der Waals surface area contributed by atoms with Crippen LogP contribution in [0.5, 0.6) is 0 Å². The van der Waals surface area contributed by atoms with Crippen molar-refractivity contribution in [1.82, 2.24) is 24.5 Å². The number of para-hydroxylation sites is 1. The lowest BCUT2D eigenvalue weighted by Crippen LogP contribution is -2.30. The van der Waals surface area contributed by atoms with E-state index in [0.29, 0.717) is 23.2 Å². The first-order valence-electron chi connectivity index (χ1n) is 18.9. The molecule has 6 heteroatoms. The highest BCUT2D eigenvalue weighted by molar-refractivity contribution is 6.08. The van der Waals surface area contributed by atoms with Gasteiger partial charge in [-0.2, -0.15) is 15.2 Å². The molecule has 54 heavy (non-hydrogen) atoms. The molecule has 2 fully saturated rings. The predicted octanol–water partition coefficient (Wildman–Crippen LogP) is 11.4. The van der Waals surface area contributed by atoms with Crippen LogP contribution >= 0.6 is 0 Å². The quantitative estimate of drug-likeness (QED) is 0.173. The number of hydrogen-bond acceptors (Lipinski definition) is 5. The van der Waals surface area contributed by atoms with Gasteiger partial charge >= 0.3 is 0 Å². The van der Waals surface area contributed by atoms with Crippen LogP contribution in [0.1, 0.15) is 50.2 Å². The molecule has 2 saturated carbocycles. The Morgan fingerprint density at radius 1 is 0.611 bits per heavy atom. The largest absolute Gasteiger partial charge is 0.278 e. The van der Waals surface area contributed by atoms with E-state index < -0.39 is 0 Å². The molecule has 8 aromatic rings. The van der Waals surface area contributed by atoms with Gasteiger partial charge in [0.25, 0.3) is 0 Å². The minimum absolute atomic E-state index is 0.287. The van der Waals surface area contributed by atoms with E-state index in [2.05, 4.69) is 95.3 Å². The molecule has 6 nitrogen and oxygen atoms in total. The number of hydrogen-bond donors (Lipinski definition) is 0. The maximum Gasteiger partial charge on any atom is 0.238 e. The van der Waals surface area contributed by atoms with E-state index in [1.54, 1.807) is 0 Å². The average Bonchev–Trinajstić information content (AvgIpc) is 3.77. The Morgan fingerprint density at radius 3 is 1.96 bits per heavy atom. The molecule has 0 spiro atoms. The lowest BCUT2D eigenvalue weighted by atomic mass is 9.66. The van der Waals surface area contributed by atoms with Crippen molar-refractivity contribution < 1.29 is 0 Å². The summed E-state index contributed by atoms with van der Waals surface area (Å²) in [6.07, 6.45) is 10.6. The summed E-state index contributed by atoms with van der Waals surface area (Å²) in [5, 5.41) is 11.5. The Balaban J connectivity index is 1.05. The fourth-order valence-corrected chi connectivity index (χ4v) is 9.35. The molecular formula is C48H38N6. The topological polar surface area (TPSA) is 80.3 Å². The molecule has 2 aliphatic rings. The van der Waals surface area contributed by atoms with Gasteiger partial charge in [0.05, 0.1) is 22.7 Å². The number of aromatic nitrogens is 5. The highest BCUT2D eigenvalue weighted by Gasteiger charge is 2.41. The van der Waals surface area contributed by atoms with Crippen molar-refractivity contribution in [2.45, 2.75) is 44.4 Å². The van der Waals surface area contributed by atoms with Gasteiger partial charge in [-0.1, -0.05) is 117 Å². The van der Waals surface area contributed by atoms with E-state index in [4.69, 9.17) is 15.0 Å². The summed E-state index contributed by atoms with van der Waals surface area (Å²) in [5.41, 5.74) is 10.6. The maximum atomic E-state index is 9.32. The van der Waals surface area contributed by atoms with E-state index in [1.807, 2.05) is 67.0 Å². The van der Waals surface area contributed by atoms with Crippen LogP contribution in [0, 0.1) is 23.2 Å². The first-order chi connectivity index (χ1) is 26.5. The monoisotopic (exact) mass is 698 g/mol. The molecule has 5 aromatic carbocycles. The number of nitriles is 1. The van der Waals surface area contributed by atoms with Crippen molar-refractivity contribution in [3.8, 4) is 57.0 Å². The summed E-state index contributed by atoms with van der Waals surface area (Å²) >= 11 is 0. The predicted molar refractivity (Wildman–Crippen MR) is 216 cm³/mol. The van der Waals surface area contributed by atoms with Gasteiger partial charge in [0.15, 0.2) is 11.6 Å². The summed E-state index contributed by atoms with van der Waals surface area (Å²) in [6.45, 7) is 2.48. The van der Waals surface area contributed by atoms with Crippen molar-refractivity contribution in [2.24, 2.45) is 11.8 Å². The summed E-state index contributed by atoms with van der Waals surface area (Å²) in [7, 11) is 0. The highest BCUT2D eigenvalue weighted by atomic mass is 15.2. The molecule has 0 N–H and O–H groups in total. The summed E-state index contributed by atoms with van der Waals surface area (Å²) in [5.74, 6) is 3.52. The van der Waals surface area contributed by atoms with Crippen LogP contribution in [0.25, 0.3) is 72.8 Å². The number of benzene rings is 5. The fourth-order valence-electron chi connectivity index (χ4n) is 9.35. The summed E-state index contributed by atoms with van der Waals surface area (Å²) in [4.78, 5) is 19.8. The van der Waals surface area contributed by atoms with Gasteiger partial charge in [-0.3, -0.25) is 9.55 Å². The van der Waals surface area contributed by atoms with Crippen LogP contribution in [0.15, 0.2) is 140 Å². The molecule has 1 unspecified atom stereocenters. The van der Waals surface area contributed by atoms with E-state index in [1.165, 1.54) is 48.8 Å². The van der Waals surface area contributed by atoms with Gasteiger partial charge in [0, 0.05) is 34.3 Å². The van der Waals surface area contributed by atoms with Crippen LogP contribution in [0.3, 0.4) is 0 Å². The molecule has 0 saturated heterocycles. The molecular weight excluding hydrogens is 661 g/mol. The lowest BCUT2D eigenvalue weighted by Gasteiger charge is -2.38. The zero-order chi connectivity index (χ0) is 36.2. The highest BCUT2D eigenvalue weighted by Crippen LogP contribution is 2.51. The van der Waals surface area contributed by atoms with E-state index in [-0.39, 0.29) is 5.41 Å².